The largest absolute Gasteiger partial charge is 0.382 e. The number of ether oxygens (including phenoxy) is 1. The van der Waals surface area contributed by atoms with Gasteiger partial charge in [0.2, 0.25) is 0 Å². The van der Waals surface area contributed by atoms with Crippen LogP contribution in [0.25, 0.3) is 6.08 Å². The summed E-state index contributed by atoms with van der Waals surface area (Å²) in [6, 6.07) is 23.5. The van der Waals surface area contributed by atoms with Crippen molar-refractivity contribution in [1.82, 2.24) is 5.32 Å². The summed E-state index contributed by atoms with van der Waals surface area (Å²) in [6.07, 6.45) is 2.68. The Morgan fingerprint density at radius 1 is 1.03 bits per heavy atom. The third-order valence-corrected chi connectivity index (χ3v) is 6.92. The molecule has 0 bridgehead atoms. The highest BCUT2D eigenvalue weighted by atomic mass is 32.2. The van der Waals surface area contributed by atoms with E-state index in [1.165, 1.54) is 11.8 Å². The number of benzene rings is 3. The zero-order chi connectivity index (χ0) is 24.6. The molecule has 1 aliphatic rings. The summed E-state index contributed by atoms with van der Waals surface area (Å²) in [5, 5.41) is 2.91. The molecule has 2 amide bonds. The number of nitrogens with one attached hydrogen (secondary N) is 1. The SMILES string of the molecule is CCOCCCNC(=O)c1ccc(/C=C2/Sc3ccccc3N(Cc3ccccc3C)C2=O)cc1. The van der Waals surface area contributed by atoms with Gasteiger partial charge in [0.15, 0.2) is 0 Å². The highest BCUT2D eigenvalue weighted by Crippen LogP contribution is 2.42. The molecule has 35 heavy (non-hydrogen) atoms. The Morgan fingerprint density at radius 3 is 2.54 bits per heavy atom. The van der Waals surface area contributed by atoms with E-state index in [0.29, 0.717) is 36.8 Å². The summed E-state index contributed by atoms with van der Waals surface area (Å²) >= 11 is 1.49. The van der Waals surface area contributed by atoms with Crippen molar-refractivity contribution in [3.63, 3.8) is 0 Å². The number of fused-ring (bicyclic) bond motifs is 1. The first kappa shape index (κ1) is 24.8. The van der Waals surface area contributed by atoms with Gasteiger partial charge in [-0.15, -0.1) is 0 Å². The summed E-state index contributed by atoms with van der Waals surface area (Å²) < 4.78 is 5.30. The summed E-state index contributed by atoms with van der Waals surface area (Å²) in [7, 11) is 0. The topological polar surface area (TPSA) is 58.6 Å². The normalized spacial score (nSPS) is 14.2. The quantitative estimate of drug-likeness (QED) is 0.305. The van der Waals surface area contributed by atoms with Crippen LogP contribution in [0.2, 0.25) is 0 Å². The molecular weight excluding hydrogens is 456 g/mol. The number of hydrogen-bond acceptors (Lipinski definition) is 4. The monoisotopic (exact) mass is 486 g/mol. The van der Waals surface area contributed by atoms with Crippen LogP contribution in [0.5, 0.6) is 0 Å². The van der Waals surface area contributed by atoms with Crippen LogP contribution >= 0.6 is 11.8 Å². The molecule has 0 saturated heterocycles. The Balaban J connectivity index is 1.51. The first-order valence-corrected chi connectivity index (χ1v) is 12.7. The molecule has 3 aromatic rings. The molecule has 0 saturated carbocycles. The number of nitrogens with zero attached hydrogens (tertiary/aromatic N) is 1. The standard InChI is InChI=1S/C29H30N2O3S/c1-3-34-18-8-17-30-28(32)23-15-13-22(14-16-23)19-27-29(33)31(20-24-10-5-4-9-21(24)2)25-11-6-7-12-26(25)35-27/h4-7,9-16,19H,3,8,17-18,20H2,1-2H3,(H,30,32)/b27-19+. The van der Waals surface area contributed by atoms with Crippen molar-refractivity contribution in [2.75, 3.05) is 24.7 Å². The average Bonchev–Trinajstić information content (AvgIpc) is 2.88. The van der Waals surface area contributed by atoms with Crippen LogP contribution < -0.4 is 10.2 Å². The Bertz CT molecular complexity index is 1220. The fourth-order valence-corrected chi connectivity index (χ4v) is 4.94. The van der Waals surface area contributed by atoms with Crippen LogP contribution in [0.4, 0.5) is 5.69 Å². The fraction of sp³-hybridized carbons (Fsp3) is 0.241. The van der Waals surface area contributed by atoms with Gasteiger partial charge >= 0.3 is 0 Å². The van der Waals surface area contributed by atoms with Gasteiger partial charge in [-0.05, 0) is 67.3 Å². The van der Waals surface area contributed by atoms with Gasteiger partial charge in [-0.1, -0.05) is 60.3 Å². The van der Waals surface area contributed by atoms with E-state index in [-0.39, 0.29) is 11.8 Å². The van der Waals surface area contributed by atoms with Crippen molar-refractivity contribution in [3.8, 4) is 0 Å². The predicted molar refractivity (Wildman–Crippen MR) is 143 cm³/mol. The van der Waals surface area contributed by atoms with Gasteiger partial charge in [0.05, 0.1) is 17.1 Å². The molecule has 0 atom stereocenters. The Hall–Kier alpha value is -3.35. The van der Waals surface area contributed by atoms with Crippen LogP contribution in [0, 0.1) is 6.92 Å². The molecule has 0 unspecified atom stereocenters. The molecule has 0 aliphatic carbocycles. The first-order valence-electron chi connectivity index (χ1n) is 11.9. The van der Waals surface area contributed by atoms with Gasteiger partial charge in [0, 0.05) is 30.2 Å². The molecule has 1 aliphatic heterocycles. The zero-order valence-corrected chi connectivity index (χ0v) is 20.9. The third-order valence-electron chi connectivity index (χ3n) is 5.85. The number of rotatable bonds is 9. The molecule has 0 spiro atoms. The van der Waals surface area contributed by atoms with E-state index in [4.69, 9.17) is 4.74 Å². The average molecular weight is 487 g/mol. The second kappa shape index (κ2) is 11.9. The minimum Gasteiger partial charge on any atom is -0.382 e. The molecule has 0 radical (unpaired) electrons. The Labute approximate surface area is 211 Å². The number of para-hydroxylation sites is 1. The number of carbonyl (C=O) groups excluding carboxylic acids is 2. The Morgan fingerprint density at radius 2 is 1.77 bits per heavy atom. The highest BCUT2D eigenvalue weighted by Gasteiger charge is 2.29. The van der Waals surface area contributed by atoms with Crippen LogP contribution in [0.15, 0.2) is 82.6 Å². The second-order valence-electron chi connectivity index (χ2n) is 8.32. The molecule has 6 heteroatoms. The van der Waals surface area contributed by atoms with Crippen molar-refractivity contribution in [3.05, 3.63) is 100.0 Å². The number of carbonyl (C=O) groups is 2. The molecule has 1 heterocycles. The van der Waals surface area contributed by atoms with E-state index < -0.39 is 0 Å². The van der Waals surface area contributed by atoms with E-state index in [9.17, 15) is 9.59 Å². The zero-order valence-electron chi connectivity index (χ0n) is 20.1. The minimum atomic E-state index is -0.109. The van der Waals surface area contributed by atoms with Crippen molar-refractivity contribution in [1.29, 1.82) is 0 Å². The number of anilines is 1. The van der Waals surface area contributed by atoms with Crippen molar-refractivity contribution in [2.24, 2.45) is 0 Å². The van der Waals surface area contributed by atoms with E-state index in [2.05, 4.69) is 24.4 Å². The molecule has 5 nitrogen and oxygen atoms in total. The summed E-state index contributed by atoms with van der Waals surface area (Å²) in [4.78, 5) is 29.5. The van der Waals surface area contributed by atoms with Gasteiger partial charge in [0.1, 0.15) is 0 Å². The molecular formula is C29H30N2O3S. The van der Waals surface area contributed by atoms with E-state index in [1.807, 2.05) is 66.4 Å². The van der Waals surface area contributed by atoms with Crippen molar-refractivity contribution < 1.29 is 14.3 Å². The minimum absolute atomic E-state index is 0.0203. The van der Waals surface area contributed by atoms with Gasteiger partial charge in [-0.25, -0.2) is 0 Å². The second-order valence-corrected chi connectivity index (χ2v) is 9.41. The lowest BCUT2D eigenvalue weighted by atomic mass is 10.1. The van der Waals surface area contributed by atoms with Crippen molar-refractivity contribution in [2.45, 2.75) is 31.7 Å². The van der Waals surface area contributed by atoms with Crippen LogP contribution in [0.1, 0.15) is 40.4 Å². The van der Waals surface area contributed by atoms with E-state index in [1.54, 1.807) is 12.1 Å². The molecule has 180 valence electrons. The highest BCUT2D eigenvalue weighted by molar-refractivity contribution is 8.04. The maximum atomic E-state index is 13.5. The molecule has 4 rings (SSSR count). The number of hydrogen-bond donors (Lipinski definition) is 1. The predicted octanol–water partition coefficient (Wildman–Crippen LogP) is 5.83. The summed E-state index contributed by atoms with van der Waals surface area (Å²) in [5.74, 6) is -0.129. The number of aryl methyl sites for hydroxylation is 1. The molecule has 0 fully saturated rings. The Kier molecular flexibility index (Phi) is 8.40. The van der Waals surface area contributed by atoms with Gasteiger partial charge < -0.3 is 15.0 Å². The van der Waals surface area contributed by atoms with Crippen LogP contribution in [-0.2, 0) is 16.1 Å². The molecule has 1 N–H and O–H groups in total. The third kappa shape index (κ3) is 6.21. The van der Waals surface area contributed by atoms with E-state index >= 15 is 0 Å². The maximum absolute atomic E-state index is 13.5. The van der Waals surface area contributed by atoms with Crippen LogP contribution in [-0.4, -0.2) is 31.6 Å². The summed E-state index contributed by atoms with van der Waals surface area (Å²) in [5.41, 5.74) is 4.69. The van der Waals surface area contributed by atoms with Crippen molar-refractivity contribution >= 4 is 35.3 Å². The van der Waals surface area contributed by atoms with Gasteiger partial charge in [-0.3, -0.25) is 9.59 Å². The van der Waals surface area contributed by atoms with Gasteiger partial charge in [-0.2, -0.15) is 0 Å². The maximum Gasteiger partial charge on any atom is 0.265 e. The number of amides is 2. The molecule has 3 aromatic carbocycles. The fourth-order valence-electron chi connectivity index (χ4n) is 3.88. The van der Waals surface area contributed by atoms with Crippen LogP contribution in [0.3, 0.4) is 0 Å². The van der Waals surface area contributed by atoms with E-state index in [0.717, 1.165) is 33.7 Å². The smallest absolute Gasteiger partial charge is 0.265 e. The summed E-state index contributed by atoms with van der Waals surface area (Å²) in [6.45, 7) is 6.43. The lowest BCUT2D eigenvalue weighted by Gasteiger charge is -2.31. The first-order chi connectivity index (χ1) is 17.1. The lowest BCUT2D eigenvalue weighted by Crippen LogP contribution is -2.33. The molecule has 0 aromatic heterocycles. The van der Waals surface area contributed by atoms with Gasteiger partial charge in [0.25, 0.3) is 11.8 Å². The lowest BCUT2D eigenvalue weighted by molar-refractivity contribution is -0.114. The number of thioether (sulfide) groups is 1.